The van der Waals surface area contributed by atoms with Crippen LogP contribution in [0.4, 0.5) is 0 Å². The molecule has 0 unspecified atom stereocenters. The maximum atomic E-state index is 12.1. The van der Waals surface area contributed by atoms with Gasteiger partial charge >= 0.3 is 59.5 Å². The number of carbonyl (C=O) groups is 6. The molecule has 60 heavy (non-hydrogen) atoms. The summed E-state index contributed by atoms with van der Waals surface area (Å²) in [6.45, 7) is 27.9. The van der Waals surface area contributed by atoms with Crippen molar-refractivity contribution in [3.8, 4) is 0 Å². The van der Waals surface area contributed by atoms with Crippen molar-refractivity contribution in [1.82, 2.24) is 9.72 Å². The minimum absolute atomic E-state index is 0.192. The third kappa shape index (κ3) is 18.8. The highest BCUT2D eigenvalue weighted by Gasteiger charge is 2.73. The Bertz CT molecular complexity index is 1870. The molecule has 0 amide bonds. The molecule has 1 aliphatic rings. The molecule has 24 heteroatoms. The van der Waals surface area contributed by atoms with Crippen LogP contribution in [0.3, 0.4) is 0 Å². The first-order valence-electron chi connectivity index (χ1n) is 16.4. The van der Waals surface area contributed by atoms with E-state index in [1.54, 1.807) is 0 Å². The second-order valence-electron chi connectivity index (χ2n) is 10.6. The van der Waals surface area contributed by atoms with Crippen molar-refractivity contribution in [2.75, 3.05) is 0 Å². The molecule has 1 rings (SSSR count). The summed E-state index contributed by atoms with van der Waals surface area (Å²) in [6.07, 6.45) is 10.5. The van der Waals surface area contributed by atoms with Crippen LogP contribution in [-0.4, -0.2) is 35.8 Å². The van der Waals surface area contributed by atoms with E-state index in [-0.39, 0.29) is 34.6 Å². The highest BCUT2D eigenvalue weighted by molar-refractivity contribution is 7.88. The molecule has 0 saturated carbocycles. The zero-order chi connectivity index (χ0) is 45.5. The van der Waals surface area contributed by atoms with Gasteiger partial charge in [-0.3, -0.25) is 18.1 Å². The first kappa shape index (κ1) is 51.5. The van der Waals surface area contributed by atoms with Gasteiger partial charge in [0.25, 0.3) is 0 Å². The van der Waals surface area contributed by atoms with Crippen LogP contribution in [0.1, 0.15) is 41.5 Å². The third-order valence-electron chi connectivity index (χ3n) is 5.50. The van der Waals surface area contributed by atoms with E-state index in [1.165, 1.54) is 41.5 Å². The predicted octanol–water partition coefficient (Wildman–Crippen LogP) is 8.12. The maximum absolute atomic E-state index is 12.1. The Morgan fingerprint density at radius 3 is 0.950 bits per heavy atom. The minimum Gasteiger partial charge on any atom is -0.425 e. The smallest absolute Gasteiger partial charge is 0.425 e. The third-order valence-corrected chi connectivity index (χ3v) is 13.9. The molecule has 0 atom stereocenters. The molecule has 0 bridgehead atoms. The average molecular weight is 900 g/mol. The van der Waals surface area contributed by atoms with E-state index in [1.807, 2.05) is 0 Å². The number of esters is 6. The summed E-state index contributed by atoms with van der Waals surface area (Å²) in [5.74, 6) is -6.52. The fraction of sp³-hybridized carbons (Fsp3) is 0.167. The van der Waals surface area contributed by atoms with Crippen molar-refractivity contribution >= 4 is 59.5 Å². The van der Waals surface area contributed by atoms with E-state index in [0.717, 1.165) is 74.0 Å². The number of hydrogen-bond acceptors (Lipinski definition) is 21. The van der Waals surface area contributed by atoms with E-state index < -0.39 is 59.5 Å². The van der Waals surface area contributed by atoms with E-state index in [0.29, 0.717) is 0 Å². The summed E-state index contributed by atoms with van der Waals surface area (Å²) in [4.78, 5) is 78.0. The Hall–Kier alpha value is -6.49. The zero-order valence-electron chi connectivity index (χ0n) is 33.3. The number of nitrogens with one attached hydrogen (secondary N) is 2. The van der Waals surface area contributed by atoms with Gasteiger partial charge in [0.2, 0.25) is 0 Å². The molecule has 0 radical (unpaired) electrons. The van der Waals surface area contributed by atoms with E-state index >= 15 is 0 Å². The van der Waals surface area contributed by atoms with E-state index in [4.69, 9.17) is 55.6 Å². The summed E-state index contributed by atoms with van der Waals surface area (Å²) in [7, 11) is -13.4. The highest BCUT2D eigenvalue weighted by atomic mass is 31.3. The van der Waals surface area contributed by atoms with Crippen LogP contribution >= 0.6 is 23.7 Å². The fourth-order valence-corrected chi connectivity index (χ4v) is 12.7. The first-order chi connectivity index (χ1) is 28.2. The van der Waals surface area contributed by atoms with Gasteiger partial charge in [-0.15, -0.1) is 0 Å². The second-order valence-corrected chi connectivity index (χ2v) is 17.4. The molecule has 0 aliphatic carbocycles. The van der Waals surface area contributed by atoms with Crippen molar-refractivity contribution in [3.63, 3.8) is 0 Å². The summed E-state index contributed by atoms with van der Waals surface area (Å²) < 4.78 is 71.9. The highest BCUT2D eigenvalue weighted by Crippen LogP contribution is 2.82. The van der Waals surface area contributed by atoms with Gasteiger partial charge in [-0.25, -0.2) is 28.8 Å². The van der Waals surface area contributed by atoms with Crippen LogP contribution in [0.2, 0.25) is 0 Å². The average Bonchev–Trinajstić information content (AvgIpc) is 3.21. The number of hydrogen-bond donors (Lipinski definition) is 2. The van der Waals surface area contributed by atoms with Gasteiger partial charge in [-0.2, -0.15) is 0 Å². The lowest BCUT2D eigenvalue weighted by atomic mass is 10.6. The van der Waals surface area contributed by atoms with Crippen LogP contribution in [0.5, 0.6) is 0 Å². The standard InChI is InChI=1S/C36H44N3O18P3/c1-13-31(40)52-25(7)19-46-58(47-20-26(8)53-32(41)14-2)37-59(48-21-27(9)54-33(42)15-3,49-22-28(10)55-34(43)16-4)39-60(38-58,50-23-29(11)56-35(44)17-5)51-24-30(12)57-36(45)18-6/h13-24,37-38H,1-6H2,7-12H3/q+2. The molecule has 21 nitrogen and oxygen atoms in total. The molecule has 1 heterocycles. The van der Waals surface area contributed by atoms with Crippen LogP contribution in [0.15, 0.2) is 153 Å². The Labute approximate surface area is 347 Å². The number of nitrogens with zero attached hydrogens (tertiary/aromatic N) is 1. The monoisotopic (exact) mass is 899 g/mol. The summed E-state index contributed by atoms with van der Waals surface area (Å²) >= 11 is 0. The van der Waals surface area contributed by atoms with Crippen LogP contribution < -0.4 is 9.72 Å². The Morgan fingerprint density at radius 2 is 0.683 bits per heavy atom. The van der Waals surface area contributed by atoms with E-state index in [2.05, 4.69) is 53.7 Å². The van der Waals surface area contributed by atoms with Crippen molar-refractivity contribution in [3.05, 3.63) is 148 Å². The van der Waals surface area contributed by atoms with Gasteiger partial charge in [0.15, 0.2) is 25.0 Å². The van der Waals surface area contributed by atoms with Gasteiger partial charge < -0.3 is 37.5 Å². The molecule has 324 valence electrons. The summed E-state index contributed by atoms with van der Waals surface area (Å²) in [6, 6.07) is 0. The van der Waals surface area contributed by atoms with Gasteiger partial charge in [-0.05, 0) is 41.5 Å². The number of carbonyl (C=O) groups excluding carboxylic acids is 6. The van der Waals surface area contributed by atoms with Crippen molar-refractivity contribution in [2.45, 2.75) is 41.5 Å². The van der Waals surface area contributed by atoms with Gasteiger partial charge in [0.1, 0.15) is 51.9 Å². The number of allylic oxidation sites excluding steroid dienone is 6. The van der Waals surface area contributed by atoms with Crippen molar-refractivity contribution in [1.29, 1.82) is 0 Å². The van der Waals surface area contributed by atoms with Gasteiger partial charge in [0, 0.05) is 41.3 Å². The quantitative estimate of drug-likeness (QED) is 0.0305. The Morgan fingerprint density at radius 1 is 0.433 bits per heavy atom. The lowest BCUT2D eigenvalue weighted by Crippen LogP contribution is -2.33. The summed E-state index contributed by atoms with van der Waals surface area (Å²) in [5.41, 5.74) is 0. The predicted molar refractivity (Wildman–Crippen MR) is 216 cm³/mol. The molecule has 0 aromatic carbocycles. The normalized spacial score (nSPS) is 20.8. The molecule has 0 spiro atoms. The lowest BCUT2D eigenvalue weighted by molar-refractivity contribution is -0.134. The Kier molecular flexibility index (Phi) is 21.6. The molecule has 0 fully saturated rings. The summed E-state index contributed by atoms with van der Waals surface area (Å²) in [5, 5.41) is 0. The SMILES string of the molecule is C=CC(=O)OC(C)=COP1(OC=C(C)OC(=O)C=C)=N[P+](OC=C(C)OC(=O)C=C)(OC=C(C)OC(=O)C=C)N[P+](OC=C(C)OC(=O)C=C)(OC=C(C)OC(=O)C=C)N1. The molecule has 0 saturated heterocycles. The fourth-order valence-electron chi connectivity index (χ4n) is 3.12. The van der Waals surface area contributed by atoms with Gasteiger partial charge in [-0.1, -0.05) is 39.5 Å². The first-order valence-corrected chi connectivity index (χ1v) is 21.2. The number of rotatable bonds is 24. The lowest BCUT2D eigenvalue weighted by Gasteiger charge is -2.31. The molecule has 2 N–H and O–H groups in total. The maximum Gasteiger partial charge on any atom is 0.616 e. The minimum atomic E-state index is -4.51. The topological polar surface area (TPSA) is 250 Å². The molecule has 0 aromatic rings. The molecule has 0 aromatic heterocycles. The van der Waals surface area contributed by atoms with Crippen molar-refractivity contribution < 1.29 is 84.3 Å². The molecule has 1 aliphatic heterocycles. The van der Waals surface area contributed by atoms with Crippen LogP contribution in [0, 0.1) is 0 Å². The van der Waals surface area contributed by atoms with Crippen LogP contribution in [0.25, 0.3) is 0 Å². The van der Waals surface area contributed by atoms with Crippen LogP contribution in [-0.2, 0) is 84.3 Å². The Balaban J connectivity index is 4.57. The number of ether oxygens (including phenoxy) is 6. The molecular formula is C36H44N3O18P3+2. The van der Waals surface area contributed by atoms with E-state index in [9.17, 15) is 28.8 Å². The molecular weight excluding hydrogens is 855 g/mol. The largest absolute Gasteiger partial charge is 0.616 e. The second kappa shape index (κ2) is 25.1. The van der Waals surface area contributed by atoms with Gasteiger partial charge in [0.05, 0.1) is 4.52 Å². The zero-order valence-corrected chi connectivity index (χ0v) is 36.0. The van der Waals surface area contributed by atoms with Crippen molar-refractivity contribution in [2.24, 2.45) is 4.52 Å².